The van der Waals surface area contributed by atoms with Gasteiger partial charge in [0, 0.05) is 6.42 Å². The van der Waals surface area contributed by atoms with E-state index in [2.05, 4.69) is 55.9 Å². The fourth-order valence-electron chi connectivity index (χ4n) is 2.80. The predicted molar refractivity (Wildman–Crippen MR) is 96.8 cm³/mol. The Labute approximate surface area is 137 Å². The van der Waals surface area contributed by atoms with Crippen LogP contribution in [-0.4, -0.2) is 22.7 Å². The minimum atomic E-state index is 0.573. The first kappa shape index (κ1) is 16.8. The van der Waals surface area contributed by atoms with Crippen LogP contribution in [0.2, 0.25) is 0 Å². The number of oxazole rings is 1. The van der Waals surface area contributed by atoms with Crippen molar-refractivity contribution >= 4 is 35.5 Å². The summed E-state index contributed by atoms with van der Waals surface area (Å²) in [5, 5.41) is 0. The first-order valence-corrected chi connectivity index (χ1v) is 9.71. The summed E-state index contributed by atoms with van der Waals surface area (Å²) in [4.78, 5) is 4.49. The molecule has 0 saturated heterocycles. The van der Waals surface area contributed by atoms with Crippen LogP contribution in [0.4, 0.5) is 0 Å². The molecule has 2 unspecified atom stereocenters. The highest BCUT2D eigenvalue weighted by atomic mass is 32.2. The second-order valence-electron chi connectivity index (χ2n) is 5.57. The van der Waals surface area contributed by atoms with Crippen LogP contribution in [0.15, 0.2) is 22.6 Å². The molecule has 1 aromatic carbocycles. The smallest absolute Gasteiger partial charge is 0.195 e. The molecule has 116 valence electrons. The van der Waals surface area contributed by atoms with Crippen molar-refractivity contribution in [1.82, 2.24) is 4.98 Å². The third-order valence-corrected chi connectivity index (χ3v) is 4.99. The summed E-state index contributed by atoms with van der Waals surface area (Å²) < 4.78 is 5.82. The lowest BCUT2D eigenvalue weighted by atomic mass is 9.83. The summed E-state index contributed by atoms with van der Waals surface area (Å²) in [7, 11) is 0. The van der Waals surface area contributed by atoms with Gasteiger partial charge in [0.1, 0.15) is 5.52 Å². The third-order valence-electron chi connectivity index (χ3n) is 4.09. The van der Waals surface area contributed by atoms with E-state index in [-0.39, 0.29) is 0 Å². The molecule has 21 heavy (non-hydrogen) atoms. The number of thiol groups is 1. The van der Waals surface area contributed by atoms with Gasteiger partial charge in [-0.2, -0.15) is 24.4 Å². The van der Waals surface area contributed by atoms with Gasteiger partial charge in [0.2, 0.25) is 0 Å². The van der Waals surface area contributed by atoms with Crippen LogP contribution in [-0.2, 0) is 6.42 Å². The fourth-order valence-corrected chi connectivity index (χ4v) is 3.70. The molecule has 0 radical (unpaired) electrons. The normalized spacial score (nSPS) is 14.5. The molecule has 2 aromatic rings. The maximum absolute atomic E-state index is 5.82. The van der Waals surface area contributed by atoms with Gasteiger partial charge < -0.3 is 4.42 Å². The molecule has 0 fully saturated rings. The van der Waals surface area contributed by atoms with Gasteiger partial charge in [-0.05, 0) is 60.1 Å². The van der Waals surface area contributed by atoms with E-state index in [1.165, 1.54) is 17.7 Å². The highest BCUT2D eigenvalue weighted by Gasteiger charge is 2.19. The van der Waals surface area contributed by atoms with Gasteiger partial charge in [-0.3, -0.25) is 0 Å². The monoisotopic (exact) mass is 323 g/mol. The molecule has 0 aliphatic heterocycles. The Kier molecular flexibility index (Phi) is 6.49. The molecule has 0 spiro atoms. The Morgan fingerprint density at radius 1 is 1.33 bits per heavy atom. The molecule has 0 amide bonds. The predicted octanol–water partition coefficient (Wildman–Crippen LogP) is 5.18. The molecule has 2 rings (SSSR count). The summed E-state index contributed by atoms with van der Waals surface area (Å²) in [6.07, 6.45) is 5.37. The van der Waals surface area contributed by atoms with E-state index in [9.17, 15) is 0 Å². The van der Waals surface area contributed by atoms with Gasteiger partial charge in [0.25, 0.3) is 0 Å². The zero-order chi connectivity index (χ0) is 15.2. The number of fused-ring (bicyclic) bond motifs is 1. The molecule has 1 heterocycles. The highest BCUT2D eigenvalue weighted by Crippen LogP contribution is 2.33. The molecule has 2 atom stereocenters. The largest absolute Gasteiger partial charge is 0.441 e. The van der Waals surface area contributed by atoms with E-state index < -0.39 is 0 Å². The van der Waals surface area contributed by atoms with Gasteiger partial charge in [0.15, 0.2) is 11.5 Å². The van der Waals surface area contributed by atoms with Crippen molar-refractivity contribution in [1.29, 1.82) is 0 Å². The molecular formula is C17H25NOS2. The van der Waals surface area contributed by atoms with E-state index in [1.54, 1.807) is 0 Å². The van der Waals surface area contributed by atoms with Crippen molar-refractivity contribution in [3.05, 3.63) is 29.7 Å². The second kappa shape index (κ2) is 8.14. The SMILES string of the molecule is CCc1nc2ccc(C(CCSC)C(C)CCS)cc2o1. The summed E-state index contributed by atoms with van der Waals surface area (Å²) in [5.41, 5.74) is 3.28. The summed E-state index contributed by atoms with van der Waals surface area (Å²) in [5.74, 6) is 4.17. The van der Waals surface area contributed by atoms with E-state index in [4.69, 9.17) is 4.42 Å². The second-order valence-corrected chi connectivity index (χ2v) is 7.00. The van der Waals surface area contributed by atoms with Crippen molar-refractivity contribution < 1.29 is 4.42 Å². The maximum atomic E-state index is 5.82. The molecule has 0 bridgehead atoms. The number of aryl methyl sites for hydroxylation is 1. The summed E-state index contributed by atoms with van der Waals surface area (Å²) >= 11 is 6.32. The van der Waals surface area contributed by atoms with Crippen LogP contribution >= 0.6 is 24.4 Å². The number of thioether (sulfide) groups is 1. The van der Waals surface area contributed by atoms with Crippen molar-refractivity contribution in [2.75, 3.05) is 17.8 Å². The van der Waals surface area contributed by atoms with Gasteiger partial charge in [-0.15, -0.1) is 0 Å². The highest BCUT2D eigenvalue weighted by molar-refractivity contribution is 7.98. The average Bonchev–Trinajstić information content (AvgIpc) is 2.90. The van der Waals surface area contributed by atoms with E-state index in [0.717, 1.165) is 35.6 Å². The van der Waals surface area contributed by atoms with Crippen LogP contribution in [0, 0.1) is 5.92 Å². The van der Waals surface area contributed by atoms with E-state index in [0.29, 0.717) is 11.8 Å². The molecule has 4 heteroatoms. The molecule has 0 aliphatic carbocycles. The van der Waals surface area contributed by atoms with Crippen molar-refractivity contribution in [2.45, 2.75) is 39.0 Å². The first-order chi connectivity index (χ1) is 10.2. The van der Waals surface area contributed by atoms with Crippen LogP contribution in [0.5, 0.6) is 0 Å². The number of rotatable bonds is 8. The lowest BCUT2D eigenvalue weighted by Gasteiger charge is -2.24. The number of hydrogen-bond donors (Lipinski definition) is 1. The van der Waals surface area contributed by atoms with Crippen molar-refractivity contribution in [3.63, 3.8) is 0 Å². The number of nitrogens with zero attached hydrogens (tertiary/aromatic N) is 1. The quantitative estimate of drug-likeness (QED) is 0.678. The Morgan fingerprint density at radius 3 is 2.81 bits per heavy atom. The number of hydrogen-bond acceptors (Lipinski definition) is 4. The van der Waals surface area contributed by atoms with Gasteiger partial charge in [0.05, 0.1) is 0 Å². The average molecular weight is 324 g/mol. The molecule has 0 aliphatic rings. The zero-order valence-corrected chi connectivity index (χ0v) is 14.8. The minimum absolute atomic E-state index is 0.573. The van der Waals surface area contributed by atoms with Gasteiger partial charge >= 0.3 is 0 Å². The lowest BCUT2D eigenvalue weighted by Crippen LogP contribution is -2.12. The van der Waals surface area contributed by atoms with Gasteiger partial charge in [-0.25, -0.2) is 4.98 Å². The Hall–Kier alpha value is -0.610. The Morgan fingerprint density at radius 2 is 2.14 bits per heavy atom. The van der Waals surface area contributed by atoms with Crippen LogP contribution in [0.25, 0.3) is 11.1 Å². The standard InChI is InChI=1S/C17H25NOS2/c1-4-17-18-15-6-5-13(11-16(15)19-17)14(8-10-21-3)12(2)7-9-20/h5-6,11-12,14,20H,4,7-10H2,1-3H3. The molecule has 0 saturated carbocycles. The van der Waals surface area contributed by atoms with Crippen molar-refractivity contribution in [2.24, 2.45) is 5.92 Å². The maximum Gasteiger partial charge on any atom is 0.195 e. The third kappa shape index (κ3) is 4.19. The Balaban J connectivity index is 2.29. The zero-order valence-electron chi connectivity index (χ0n) is 13.1. The van der Waals surface area contributed by atoms with E-state index in [1.807, 2.05) is 11.8 Å². The fraction of sp³-hybridized carbons (Fsp3) is 0.588. The van der Waals surface area contributed by atoms with Crippen LogP contribution in [0.3, 0.4) is 0 Å². The topological polar surface area (TPSA) is 26.0 Å². The summed E-state index contributed by atoms with van der Waals surface area (Å²) in [6.45, 7) is 4.41. The lowest BCUT2D eigenvalue weighted by molar-refractivity contribution is 0.440. The van der Waals surface area contributed by atoms with E-state index >= 15 is 0 Å². The Bertz CT molecular complexity index is 567. The molecule has 0 N–H and O–H groups in total. The van der Waals surface area contributed by atoms with Crippen molar-refractivity contribution in [3.8, 4) is 0 Å². The first-order valence-electron chi connectivity index (χ1n) is 7.68. The minimum Gasteiger partial charge on any atom is -0.441 e. The summed E-state index contributed by atoms with van der Waals surface area (Å²) in [6, 6.07) is 6.53. The van der Waals surface area contributed by atoms with Gasteiger partial charge in [-0.1, -0.05) is 19.9 Å². The molecule has 2 nitrogen and oxygen atoms in total. The van der Waals surface area contributed by atoms with Crippen LogP contribution < -0.4 is 0 Å². The number of benzene rings is 1. The molecular weight excluding hydrogens is 298 g/mol. The van der Waals surface area contributed by atoms with Crippen LogP contribution in [0.1, 0.15) is 44.1 Å². The molecule has 1 aromatic heterocycles. The number of aromatic nitrogens is 1.